The van der Waals surface area contributed by atoms with E-state index in [-0.39, 0.29) is 56.9 Å². The Bertz CT molecular complexity index is 1590. The van der Waals surface area contributed by atoms with Crippen molar-refractivity contribution in [2.24, 2.45) is 4.99 Å². The van der Waals surface area contributed by atoms with Crippen LogP contribution in [0.3, 0.4) is 0 Å². The van der Waals surface area contributed by atoms with E-state index in [0.717, 1.165) is 12.1 Å². The minimum atomic E-state index is -0.775. The van der Waals surface area contributed by atoms with Gasteiger partial charge in [0.05, 0.1) is 48.3 Å². The molecule has 3 aromatic carbocycles. The molecule has 1 aliphatic rings. The molecule has 4 rings (SSSR count). The van der Waals surface area contributed by atoms with Gasteiger partial charge in [-0.15, -0.1) is 0 Å². The van der Waals surface area contributed by atoms with Crippen LogP contribution >= 0.6 is 0 Å². The van der Waals surface area contributed by atoms with E-state index in [4.69, 9.17) is 4.99 Å². The van der Waals surface area contributed by atoms with Crippen molar-refractivity contribution in [3.8, 4) is 11.1 Å². The highest BCUT2D eigenvalue weighted by molar-refractivity contribution is 6.27. The van der Waals surface area contributed by atoms with Crippen molar-refractivity contribution in [3.05, 3.63) is 105 Å². The molecule has 0 saturated heterocycles. The summed E-state index contributed by atoms with van der Waals surface area (Å²) in [5.74, 6) is -0.504. The molecule has 0 aliphatic heterocycles. The first-order valence-electron chi connectivity index (χ1n) is 11.5. The molecule has 0 saturated carbocycles. The summed E-state index contributed by atoms with van der Waals surface area (Å²) in [5.41, 5.74) is 0.111. The number of non-ortho nitro benzene ring substituents is 2. The van der Waals surface area contributed by atoms with E-state index in [0.29, 0.717) is 11.1 Å². The van der Waals surface area contributed by atoms with Crippen molar-refractivity contribution in [2.75, 3.05) is 0 Å². The number of hydrogen-bond donors (Lipinski definition) is 0. The van der Waals surface area contributed by atoms with Gasteiger partial charge in [0.2, 0.25) is 0 Å². The normalized spacial score (nSPS) is 13.1. The first kappa shape index (κ1) is 26.0. The van der Waals surface area contributed by atoms with E-state index < -0.39 is 31.1 Å². The van der Waals surface area contributed by atoms with E-state index in [1.54, 1.807) is 19.9 Å². The van der Waals surface area contributed by atoms with Gasteiger partial charge in [-0.25, -0.2) is 4.99 Å². The topological polar surface area (TPSA) is 185 Å². The van der Waals surface area contributed by atoms with Crippen molar-refractivity contribution < 1.29 is 19.7 Å². The number of nitro benzene ring substituents is 4. The summed E-state index contributed by atoms with van der Waals surface area (Å²) in [5, 5.41) is 47.0. The summed E-state index contributed by atoms with van der Waals surface area (Å²) in [6.07, 6.45) is 0. The van der Waals surface area contributed by atoms with Crippen LogP contribution in [0.4, 0.5) is 28.4 Å². The average Bonchev–Trinajstić information content (AvgIpc) is 3.15. The van der Waals surface area contributed by atoms with Gasteiger partial charge in [0, 0.05) is 35.4 Å². The van der Waals surface area contributed by atoms with Crippen LogP contribution in [0.1, 0.15) is 61.8 Å². The van der Waals surface area contributed by atoms with Crippen molar-refractivity contribution in [1.82, 2.24) is 0 Å². The third-order valence-electron chi connectivity index (χ3n) is 6.35. The Kier molecular flexibility index (Phi) is 6.45. The summed E-state index contributed by atoms with van der Waals surface area (Å²) in [6, 6.07) is 8.66. The van der Waals surface area contributed by atoms with Crippen LogP contribution in [0.15, 0.2) is 47.5 Å². The van der Waals surface area contributed by atoms with Gasteiger partial charge in [-0.2, -0.15) is 0 Å². The maximum absolute atomic E-state index is 12.0. The highest BCUT2D eigenvalue weighted by atomic mass is 16.6. The first-order chi connectivity index (χ1) is 17.8. The SMILES string of the molecule is CC(C)c1ccc([N+](=O)[O-])c(C(C)C)c1N=C1c2cc([N+](=O)[O-])ccc2-c2c1cc([N+](=O)[O-])cc2[N+](=O)[O-]. The third-order valence-corrected chi connectivity index (χ3v) is 6.35. The van der Waals surface area contributed by atoms with Crippen LogP contribution in [0.5, 0.6) is 0 Å². The Morgan fingerprint density at radius 2 is 1.24 bits per heavy atom. The van der Waals surface area contributed by atoms with Crippen molar-refractivity contribution in [1.29, 1.82) is 0 Å². The highest BCUT2D eigenvalue weighted by Gasteiger charge is 2.37. The smallest absolute Gasteiger partial charge is 0.258 e. The Morgan fingerprint density at radius 1 is 0.632 bits per heavy atom. The lowest BCUT2D eigenvalue weighted by Crippen LogP contribution is -2.05. The van der Waals surface area contributed by atoms with Crippen LogP contribution in [-0.4, -0.2) is 25.4 Å². The van der Waals surface area contributed by atoms with Crippen molar-refractivity contribution in [2.45, 2.75) is 39.5 Å². The fourth-order valence-electron chi connectivity index (χ4n) is 4.70. The van der Waals surface area contributed by atoms with Crippen molar-refractivity contribution >= 4 is 34.1 Å². The summed E-state index contributed by atoms with van der Waals surface area (Å²) in [4.78, 5) is 49.1. The van der Waals surface area contributed by atoms with Gasteiger partial charge in [-0.1, -0.05) is 27.7 Å². The van der Waals surface area contributed by atoms with Gasteiger partial charge in [0.1, 0.15) is 0 Å². The zero-order valence-corrected chi connectivity index (χ0v) is 20.7. The second kappa shape index (κ2) is 9.42. The molecule has 0 heterocycles. The van der Waals surface area contributed by atoms with Gasteiger partial charge in [0.15, 0.2) is 0 Å². The first-order valence-corrected chi connectivity index (χ1v) is 11.5. The molecule has 0 radical (unpaired) electrons. The lowest BCUT2D eigenvalue weighted by atomic mass is 9.91. The fourth-order valence-corrected chi connectivity index (χ4v) is 4.70. The minimum absolute atomic E-state index is 0.0230. The Balaban J connectivity index is 2.21. The molecule has 0 fully saturated rings. The average molecular weight is 519 g/mol. The van der Waals surface area contributed by atoms with E-state index in [9.17, 15) is 40.5 Å². The largest absolute Gasteiger partial charge is 0.284 e. The second-order valence-electron chi connectivity index (χ2n) is 9.35. The molecule has 38 heavy (non-hydrogen) atoms. The third kappa shape index (κ3) is 4.23. The summed E-state index contributed by atoms with van der Waals surface area (Å²) in [7, 11) is 0. The molecule has 0 atom stereocenters. The van der Waals surface area contributed by atoms with E-state index in [1.807, 2.05) is 13.8 Å². The quantitative estimate of drug-likeness (QED) is 0.190. The van der Waals surface area contributed by atoms with Gasteiger partial charge in [-0.3, -0.25) is 40.5 Å². The monoisotopic (exact) mass is 519 g/mol. The Labute approximate surface area is 215 Å². The Morgan fingerprint density at radius 3 is 1.76 bits per heavy atom. The van der Waals surface area contributed by atoms with Gasteiger partial charge >= 0.3 is 0 Å². The number of fused-ring (bicyclic) bond motifs is 3. The van der Waals surface area contributed by atoms with E-state index in [2.05, 4.69) is 0 Å². The summed E-state index contributed by atoms with van der Waals surface area (Å²) < 4.78 is 0. The number of aliphatic imine (C=N–C) groups is 1. The van der Waals surface area contributed by atoms with Crippen molar-refractivity contribution in [3.63, 3.8) is 0 Å². The Hall–Kier alpha value is -5.07. The molecule has 0 bridgehead atoms. The molecule has 13 heteroatoms. The van der Waals surface area contributed by atoms with Gasteiger partial charge in [0.25, 0.3) is 22.7 Å². The number of nitrogens with zero attached hydrogens (tertiary/aromatic N) is 5. The molecular formula is C25H21N5O8. The predicted molar refractivity (Wildman–Crippen MR) is 138 cm³/mol. The molecule has 1 aliphatic carbocycles. The maximum Gasteiger partial charge on any atom is 0.284 e. The van der Waals surface area contributed by atoms with Gasteiger partial charge < -0.3 is 0 Å². The van der Waals surface area contributed by atoms with Gasteiger partial charge in [-0.05, 0) is 35.1 Å². The molecule has 0 aromatic heterocycles. The van der Waals surface area contributed by atoms with E-state index >= 15 is 0 Å². The van der Waals surface area contributed by atoms with Crippen LogP contribution in [-0.2, 0) is 0 Å². The molecule has 3 aromatic rings. The van der Waals surface area contributed by atoms with Crippen LogP contribution in [0.2, 0.25) is 0 Å². The van der Waals surface area contributed by atoms with Crippen LogP contribution in [0, 0.1) is 40.5 Å². The summed E-state index contributed by atoms with van der Waals surface area (Å²) in [6.45, 7) is 7.25. The molecule has 0 amide bonds. The van der Waals surface area contributed by atoms with Crippen LogP contribution in [0.25, 0.3) is 11.1 Å². The van der Waals surface area contributed by atoms with E-state index in [1.165, 1.54) is 24.3 Å². The minimum Gasteiger partial charge on any atom is -0.258 e. The number of benzene rings is 3. The molecule has 0 unspecified atom stereocenters. The zero-order chi connectivity index (χ0) is 28.0. The number of rotatable bonds is 7. The number of nitro groups is 4. The molecule has 0 spiro atoms. The second-order valence-corrected chi connectivity index (χ2v) is 9.35. The maximum atomic E-state index is 12.0. The summed E-state index contributed by atoms with van der Waals surface area (Å²) >= 11 is 0. The molecular weight excluding hydrogens is 498 g/mol. The lowest BCUT2D eigenvalue weighted by molar-refractivity contribution is -0.393. The molecule has 13 nitrogen and oxygen atoms in total. The standard InChI is InChI=1S/C25H21N5O8/c1-12(2)16-7-8-20(29(35)36)22(13(3)4)25(16)26-24-18-9-14(27(31)32)5-6-17(18)23-19(24)10-15(28(33)34)11-21(23)30(37)38/h5-13H,1-4H3. The highest BCUT2D eigenvalue weighted by Crippen LogP contribution is 2.48. The fraction of sp³-hybridized carbons (Fsp3) is 0.240. The molecule has 0 N–H and O–H groups in total. The predicted octanol–water partition coefficient (Wildman–Crippen LogP) is 6.72. The van der Waals surface area contributed by atoms with Crippen LogP contribution < -0.4 is 0 Å². The lowest BCUT2D eigenvalue weighted by Gasteiger charge is -2.17. The zero-order valence-electron chi connectivity index (χ0n) is 20.7. The molecule has 194 valence electrons. The number of hydrogen-bond acceptors (Lipinski definition) is 9.